The molecule has 0 atom stereocenters. The Morgan fingerprint density at radius 1 is 0.667 bits per heavy atom. The molecule has 5 rings (SSSR count). The van der Waals surface area contributed by atoms with Gasteiger partial charge in [-0.15, -0.1) is 0 Å². The van der Waals surface area contributed by atoms with E-state index in [1.807, 2.05) is 6.07 Å². The number of nitrogens with zero attached hydrogens (tertiary/aromatic N) is 1. The summed E-state index contributed by atoms with van der Waals surface area (Å²) in [6, 6.07) is 32.5. The highest BCUT2D eigenvalue weighted by atomic mass is 32.2. The zero-order valence-electron chi connectivity index (χ0n) is 19.2. The molecule has 1 N–H and O–H groups in total. The van der Waals surface area contributed by atoms with E-state index >= 15 is 0 Å². The smallest absolute Gasteiger partial charge is 0.265 e. The van der Waals surface area contributed by atoms with Crippen LogP contribution < -0.4 is 5.32 Å². The number of hydrogen-bond donors (Lipinski definition) is 1. The highest BCUT2D eigenvalue weighted by molar-refractivity contribution is 7.89. The third-order valence-corrected chi connectivity index (χ3v) is 7.71. The van der Waals surface area contributed by atoms with Crippen LogP contribution in [0.5, 0.6) is 0 Å². The van der Waals surface area contributed by atoms with Gasteiger partial charge in [0, 0.05) is 16.7 Å². The lowest BCUT2D eigenvalue weighted by molar-refractivity contribution is 0.0972. The molecule has 0 aromatic heterocycles. The number of fused-ring (bicyclic) bond motifs is 1. The van der Waals surface area contributed by atoms with Gasteiger partial charge in [-0.1, -0.05) is 97.1 Å². The molecule has 1 heterocycles. The van der Waals surface area contributed by atoms with Gasteiger partial charge in [0.25, 0.3) is 15.9 Å². The Labute approximate surface area is 209 Å². The lowest BCUT2D eigenvalue weighted by atomic mass is 10.0. The molecule has 1 aliphatic heterocycles. The Kier molecular flexibility index (Phi) is 6.23. The first-order valence-corrected chi connectivity index (χ1v) is 12.8. The molecule has 0 saturated carbocycles. The molecule has 36 heavy (non-hydrogen) atoms. The second-order valence-electron chi connectivity index (χ2n) is 8.23. The van der Waals surface area contributed by atoms with Crippen molar-refractivity contribution >= 4 is 27.4 Å². The standard InChI is InChI=1S/C29H22N2O4S/c32-28(22-14-6-2-7-15-22)27-26(30-29(33)23-16-8-3-9-17-23)24-18-10-11-19-25(24)36(34,35)31(27)20-21-12-4-1-5-13-21/h1-19H,20H2,(H,30,33). The highest BCUT2D eigenvalue weighted by Gasteiger charge is 2.40. The molecule has 4 aromatic rings. The van der Waals surface area contributed by atoms with Gasteiger partial charge in [-0.05, 0) is 23.8 Å². The molecule has 1 aliphatic rings. The van der Waals surface area contributed by atoms with E-state index in [9.17, 15) is 18.0 Å². The molecule has 0 bridgehead atoms. The number of carbonyl (C=O) groups excluding carboxylic acids is 2. The quantitative estimate of drug-likeness (QED) is 0.388. The predicted octanol–water partition coefficient (Wildman–Crippen LogP) is 4.87. The number of benzene rings is 4. The van der Waals surface area contributed by atoms with Crippen LogP contribution in [0.1, 0.15) is 31.8 Å². The maximum absolute atomic E-state index is 13.9. The first-order chi connectivity index (χ1) is 17.5. The van der Waals surface area contributed by atoms with Gasteiger partial charge in [0.15, 0.2) is 0 Å². The molecule has 1 amide bonds. The average molecular weight is 495 g/mol. The first kappa shape index (κ1) is 23.3. The molecule has 0 radical (unpaired) electrons. The fraction of sp³-hybridized carbons (Fsp3) is 0.0345. The Morgan fingerprint density at radius 3 is 1.83 bits per heavy atom. The molecular formula is C29H22N2O4S. The average Bonchev–Trinajstić information content (AvgIpc) is 2.93. The van der Waals surface area contributed by atoms with Gasteiger partial charge in [-0.25, -0.2) is 8.42 Å². The fourth-order valence-electron chi connectivity index (χ4n) is 4.16. The molecule has 0 saturated heterocycles. The number of nitrogens with one attached hydrogen (secondary N) is 1. The van der Waals surface area contributed by atoms with Crippen molar-refractivity contribution in [1.29, 1.82) is 0 Å². The summed E-state index contributed by atoms with van der Waals surface area (Å²) in [5.74, 6) is -0.953. The predicted molar refractivity (Wildman–Crippen MR) is 137 cm³/mol. The summed E-state index contributed by atoms with van der Waals surface area (Å²) >= 11 is 0. The summed E-state index contributed by atoms with van der Waals surface area (Å²) in [4.78, 5) is 27.2. The molecule has 7 heteroatoms. The van der Waals surface area contributed by atoms with E-state index in [-0.39, 0.29) is 28.4 Å². The van der Waals surface area contributed by atoms with Crippen LogP contribution in [0.15, 0.2) is 126 Å². The number of carbonyl (C=O) groups is 2. The van der Waals surface area contributed by atoms with Crippen LogP contribution in [-0.4, -0.2) is 24.4 Å². The molecule has 6 nitrogen and oxygen atoms in total. The Hall–Kier alpha value is -4.49. The van der Waals surface area contributed by atoms with Crippen molar-refractivity contribution in [3.8, 4) is 0 Å². The van der Waals surface area contributed by atoms with Crippen molar-refractivity contribution in [2.45, 2.75) is 11.4 Å². The van der Waals surface area contributed by atoms with Crippen molar-refractivity contribution in [3.63, 3.8) is 0 Å². The maximum Gasteiger partial charge on any atom is 0.265 e. The van der Waals surface area contributed by atoms with Crippen molar-refractivity contribution in [2.75, 3.05) is 0 Å². The van der Waals surface area contributed by atoms with Crippen LogP contribution in [0.25, 0.3) is 5.70 Å². The van der Waals surface area contributed by atoms with Gasteiger partial charge in [-0.3, -0.25) is 13.9 Å². The Morgan fingerprint density at radius 2 is 1.19 bits per heavy atom. The van der Waals surface area contributed by atoms with E-state index < -0.39 is 21.7 Å². The topological polar surface area (TPSA) is 83.6 Å². The van der Waals surface area contributed by atoms with E-state index in [0.717, 1.165) is 4.31 Å². The van der Waals surface area contributed by atoms with Crippen LogP contribution in [0.3, 0.4) is 0 Å². The zero-order chi connectivity index (χ0) is 25.1. The van der Waals surface area contributed by atoms with Crippen molar-refractivity contribution in [1.82, 2.24) is 9.62 Å². The second kappa shape index (κ2) is 9.64. The van der Waals surface area contributed by atoms with E-state index in [0.29, 0.717) is 16.7 Å². The van der Waals surface area contributed by atoms with Crippen LogP contribution in [0, 0.1) is 0 Å². The van der Waals surface area contributed by atoms with Crippen LogP contribution in [0.4, 0.5) is 0 Å². The van der Waals surface area contributed by atoms with E-state index in [2.05, 4.69) is 5.32 Å². The van der Waals surface area contributed by atoms with Gasteiger partial charge in [0.1, 0.15) is 5.70 Å². The fourth-order valence-corrected chi connectivity index (χ4v) is 5.83. The number of ketones is 1. The lowest BCUT2D eigenvalue weighted by Gasteiger charge is -2.34. The zero-order valence-corrected chi connectivity index (χ0v) is 20.0. The molecule has 0 spiro atoms. The van der Waals surface area contributed by atoms with Crippen molar-refractivity contribution in [2.24, 2.45) is 0 Å². The number of amides is 1. The number of allylic oxidation sites excluding steroid dienone is 1. The Balaban J connectivity index is 1.75. The third kappa shape index (κ3) is 4.32. The number of Topliss-reactive ketones (excluding diaryl/α,β-unsaturated/α-hetero) is 1. The summed E-state index contributed by atoms with van der Waals surface area (Å²) in [5, 5.41) is 2.86. The number of hydrogen-bond acceptors (Lipinski definition) is 4. The van der Waals surface area contributed by atoms with E-state index in [1.165, 1.54) is 6.07 Å². The van der Waals surface area contributed by atoms with Crippen molar-refractivity contribution in [3.05, 3.63) is 143 Å². The number of sulfonamides is 1. The summed E-state index contributed by atoms with van der Waals surface area (Å²) in [7, 11) is -4.11. The SMILES string of the molecule is O=C(NC1=C(C(=O)c2ccccc2)N(Cc2ccccc2)S(=O)(=O)c2ccccc21)c1ccccc1. The minimum absolute atomic E-state index is 0.0221. The minimum Gasteiger partial charge on any atom is -0.319 e. The van der Waals surface area contributed by atoms with Gasteiger partial charge < -0.3 is 5.32 Å². The minimum atomic E-state index is -4.11. The molecule has 0 unspecified atom stereocenters. The first-order valence-electron chi connectivity index (χ1n) is 11.3. The van der Waals surface area contributed by atoms with E-state index in [4.69, 9.17) is 0 Å². The largest absolute Gasteiger partial charge is 0.319 e. The molecular weight excluding hydrogens is 472 g/mol. The maximum atomic E-state index is 13.9. The number of rotatable bonds is 6. The normalized spacial score (nSPS) is 14.2. The lowest BCUT2D eigenvalue weighted by Crippen LogP contribution is -2.41. The summed E-state index contributed by atoms with van der Waals surface area (Å²) in [6.45, 7) is -0.0733. The third-order valence-electron chi connectivity index (χ3n) is 5.91. The van der Waals surface area contributed by atoms with Crippen molar-refractivity contribution < 1.29 is 18.0 Å². The molecule has 0 fully saturated rings. The van der Waals surface area contributed by atoms with Gasteiger partial charge in [0.05, 0.1) is 17.1 Å². The monoisotopic (exact) mass is 494 g/mol. The Bertz CT molecular complexity index is 1570. The van der Waals surface area contributed by atoms with Gasteiger partial charge in [-0.2, -0.15) is 0 Å². The molecule has 178 valence electrons. The van der Waals surface area contributed by atoms with Gasteiger partial charge >= 0.3 is 0 Å². The second-order valence-corrected chi connectivity index (χ2v) is 10.1. The van der Waals surface area contributed by atoms with Crippen LogP contribution in [-0.2, 0) is 16.6 Å². The van der Waals surface area contributed by atoms with E-state index in [1.54, 1.807) is 103 Å². The molecule has 0 aliphatic carbocycles. The van der Waals surface area contributed by atoms with Gasteiger partial charge in [0.2, 0.25) is 5.78 Å². The molecule has 4 aromatic carbocycles. The highest BCUT2D eigenvalue weighted by Crippen LogP contribution is 2.38. The summed E-state index contributed by atoms with van der Waals surface area (Å²) in [6.07, 6.45) is 0. The summed E-state index contributed by atoms with van der Waals surface area (Å²) < 4.78 is 28.9. The van der Waals surface area contributed by atoms with Crippen LogP contribution in [0.2, 0.25) is 0 Å². The summed E-state index contributed by atoms with van der Waals surface area (Å²) in [5.41, 5.74) is 1.72. The van der Waals surface area contributed by atoms with Crippen LogP contribution >= 0.6 is 0 Å².